The molecule has 0 aliphatic carbocycles. The molecule has 0 bridgehead atoms. The zero-order valence-corrected chi connectivity index (χ0v) is 19.5. The van der Waals surface area contributed by atoms with Crippen LogP contribution in [0, 0.1) is 21.4 Å². The van der Waals surface area contributed by atoms with E-state index in [0.29, 0.717) is 11.1 Å². The Hall–Kier alpha value is -4.26. The van der Waals surface area contributed by atoms with Crippen LogP contribution in [0.5, 0.6) is 17.2 Å². The zero-order valence-electron chi connectivity index (χ0n) is 18.0. The molecule has 0 aromatic heterocycles. The Morgan fingerprint density at radius 2 is 1.80 bits per heavy atom. The summed E-state index contributed by atoms with van der Waals surface area (Å²) >= 11 is 12.2. The number of nitro groups is 1. The van der Waals surface area contributed by atoms with Crippen molar-refractivity contribution in [1.82, 2.24) is 0 Å². The maximum atomic E-state index is 12.7. The number of nitrogens with two attached hydrogens (primary N) is 1. The lowest BCUT2D eigenvalue weighted by atomic mass is 9.83. The van der Waals surface area contributed by atoms with Gasteiger partial charge in [0.05, 0.1) is 33.6 Å². The van der Waals surface area contributed by atoms with Crippen LogP contribution in [0.2, 0.25) is 10.0 Å². The van der Waals surface area contributed by atoms with Crippen molar-refractivity contribution >= 4 is 34.9 Å². The van der Waals surface area contributed by atoms with Crippen LogP contribution in [-0.2, 0) is 0 Å². The van der Waals surface area contributed by atoms with Gasteiger partial charge in [0.25, 0.3) is 5.69 Å². The Labute approximate surface area is 209 Å². The number of carbonyl (C=O) groups excluding carboxylic acids is 1. The van der Waals surface area contributed by atoms with Gasteiger partial charge in [-0.3, -0.25) is 10.1 Å². The predicted octanol–water partition coefficient (Wildman–Crippen LogP) is 5.35. The molecule has 176 valence electrons. The molecule has 0 fully saturated rings. The van der Waals surface area contributed by atoms with Gasteiger partial charge in [0, 0.05) is 23.8 Å². The van der Waals surface area contributed by atoms with Crippen LogP contribution in [0.25, 0.3) is 0 Å². The third-order valence-corrected chi connectivity index (χ3v) is 5.84. The summed E-state index contributed by atoms with van der Waals surface area (Å²) in [5.74, 6) is -0.831. The molecule has 2 N–H and O–H groups in total. The van der Waals surface area contributed by atoms with E-state index < -0.39 is 16.8 Å². The topological polar surface area (TPSA) is 138 Å². The summed E-state index contributed by atoms with van der Waals surface area (Å²) in [6, 6.07) is 15.2. The Morgan fingerprint density at radius 1 is 1.14 bits per heavy atom. The summed E-state index contributed by atoms with van der Waals surface area (Å²) in [4.78, 5) is 23.2. The average Bonchev–Trinajstić information content (AvgIpc) is 2.83. The Bertz CT molecular complexity index is 1410. The number of fused-ring (bicyclic) bond motifs is 1. The highest BCUT2D eigenvalue weighted by Gasteiger charge is 2.31. The lowest BCUT2D eigenvalue weighted by Gasteiger charge is -2.26. The van der Waals surface area contributed by atoms with E-state index >= 15 is 0 Å². The van der Waals surface area contributed by atoms with Crippen LogP contribution in [-0.4, -0.2) is 18.0 Å². The first-order chi connectivity index (χ1) is 16.7. The number of allylic oxidation sites excluding steroid dienone is 1. The molecule has 1 aliphatic heterocycles. The quantitative estimate of drug-likeness (QED) is 0.209. The van der Waals surface area contributed by atoms with Crippen molar-refractivity contribution in [3.63, 3.8) is 0 Å². The number of rotatable bonds is 5. The fourth-order valence-electron chi connectivity index (χ4n) is 3.67. The van der Waals surface area contributed by atoms with Crippen molar-refractivity contribution in [1.29, 1.82) is 5.26 Å². The minimum atomic E-state index is -0.722. The highest BCUT2D eigenvalue weighted by molar-refractivity contribution is 6.37. The van der Waals surface area contributed by atoms with E-state index in [1.54, 1.807) is 18.2 Å². The summed E-state index contributed by atoms with van der Waals surface area (Å²) in [7, 11) is 1.40. The molecule has 0 amide bonds. The standard InChI is InChI=1S/C24H15Cl2N3O6/c1-33-22-18(25)8-13(9-19(22)26)24(30)34-15-6-7-16-20(10-15)35-23(28)17(11-27)21(16)12-2-4-14(5-3-12)29(31)32/h2-10,21H,28H2,1H3. The number of halogens is 2. The van der Waals surface area contributed by atoms with Gasteiger partial charge in [0.2, 0.25) is 5.88 Å². The number of nitro benzene ring substituents is 1. The van der Waals surface area contributed by atoms with Crippen LogP contribution in [0.15, 0.2) is 66.1 Å². The fraction of sp³-hybridized carbons (Fsp3) is 0.0833. The number of esters is 1. The van der Waals surface area contributed by atoms with Gasteiger partial charge in [0.1, 0.15) is 23.1 Å². The normalized spacial score (nSPS) is 14.4. The first-order valence-corrected chi connectivity index (χ1v) is 10.7. The van der Waals surface area contributed by atoms with Gasteiger partial charge in [0.15, 0.2) is 5.75 Å². The molecule has 3 aromatic carbocycles. The highest BCUT2D eigenvalue weighted by Crippen LogP contribution is 2.44. The minimum Gasteiger partial charge on any atom is -0.494 e. The maximum Gasteiger partial charge on any atom is 0.343 e. The lowest BCUT2D eigenvalue weighted by Crippen LogP contribution is -2.21. The molecule has 0 spiro atoms. The van der Waals surface area contributed by atoms with Crippen LogP contribution >= 0.6 is 23.2 Å². The summed E-state index contributed by atoms with van der Waals surface area (Å²) in [5.41, 5.74) is 7.34. The van der Waals surface area contributed by atoms with Crippen molar-refractivity contribution in [2.24, 2.45) is 5.73 Å². The van der Waals surface area contributed by atoms with Gasteiger partial charge >= 0.3 is 5.97 Å². The Kier molecular flexibility index (Phi) is 6.51. The lowest BCUT2D eigenvalue weighted by molar-refractivity contribution is -0.384. The number of hydrogen-bond acceptors (Lipinski definition) is 8. The second-order valence-corrected chi connectivity index (χ2v) is 8.15. The smallest absolute Gasteiger partial charge is 0.343 e. The number of nitrogens with zero attached hydrogens (tertiary/aromatic N) is 2. The number of nitriles is 1. The molecule has 4 rings (SSSR count). The first kappa shape index (κ1) is 23.9. The van der Waals surface area contributed by atoms with E-state index in [-0.39, 0.29) is 50.0 Å². The van der Waals surface area contributed by atoms with Gasteiger partial charge in [-0.2, -0.15) is 5.26 Å². The van der Waals surface area contributed by atoms with Crippen molar-refractivity contribution in [3.05, 3.63) is 103 Å². The summed E-state index contributed by atoms with van der Waals surface area (Å²) < 4.78 is 16.1. The number of ether oxygens (including phenoxy) is 3. The van der Waals surface area contributed by atoms with Crippen LogP contribution < -0.4 is 19.9 Å². The van der Waals surface area contributed by atoms with Crippen molar-refractivity contribution in [2.45, 2.75) is 5.92 Å². The number of non-ortho nitro benzene ring substituents is 1. The largest absolute Gasteiger partial charge is 0.494 e. The monoisotopic (exact) mass is 511 g/mol. The van der Waals surface area contributed by atoms with Crippen molar-refractivity contribution < 1.29 is 23.9 Å². The minimum absolute atomic E-state index is 0.0857. The molecule has 1 heterocycles. The van der Waals surface area contributed by atoms with Gasteiger partial charge in [-0.15, -0.1) is 0 Å². The van der Waals surface area contributed by atoms with E-state index in [4.69, 9.17) is 43.1 Å². The molecule has 1 aliphatic rings. The van der Waals surface area contributed by atoms with Crippen molar-refractivity contribution in [3.8, 4) is 23.3 Å². The van der Waals surface area contributed by atoms with E-state index in [1.165, 1.54) is 43.5 Å². The maximum absolute atomic E-state index is 12.7. The van der Waals surface area contributed by atoms with E-state index in [0.717, 1.165) is 0 Å². The predicted molar refractivity (Wildman–Crippen MR) is 127 cm³/mol. The van der Waals surface area contributed by atoms with Crippen LogP contribution in [0.3, 0.4) is 0 Å². The second kappa shape index (κ2) is 9.54. The molecule has 0 saturated heterocycles. The van der Waals surface area contributed by atoms with Gasteiger partial charge in [-0.1, -0.05) is 41.4 Å². The second-order valence-electron chi connectivity index (χ2n) is 7.34. The summed E-state index contributed by atoms with van der Waals surface area (Å²) in [6.45, 7) is 0. The molecule has 11 heteroatoms. The Morgan fingerprint density at radius 3 is 2.37 bits per heavy atom. The SMILES string of the molecule is COc1c(Cl)cc(C(=O)Oc2ccc3c(c2)OC(N)=C(C#N)C3c2ccc([N+](=O)[O-])cc2)cc1Cl. The van der Waals surface area contributed by atoms with Gasteiger partial charge in [-0.05, 0) is 23.8 Å². The molecular formula is C24H15Cl2N3O6. The molecular weight excluding hydrogens is 497 g/mol. The van der Waals surface area contributed by atoms with E-state index in [1.807, 2.05) is 6.07 Å². The molecule has 1 unspecified atom stereocenters. The molecule has 3 aromatic rings. The number of benzene rings is 3. The number of methoxy groups -OCH3 is 1. The molecule has 1 atom stereocenters. The summed E-state index contributed by atoms with van der Waals surface area (Å²) in [5, 5.41) is 21.0. The third-order valence-electron chi connectivity index (χ3n) is 5.28. The average molecular weight is 512 g/mol. The molecule has 35 heavy (non-hydrogen) atoms. The third kappa shape index (κ3) is 4.57. The summed E-state index contributed by atoms with van der Waals surface area (Å²) in [6.07, 6.45) is 0. The first-order valence-electron chi connectivity index (χ1n) is 9.94. The number of hydrogen-bond donors (Lipinski definition) is 1. The van der Waals surface area contributed by atoms with Crippen LogP contribution in [0.1, 0.15) is 27.4 Å². The van der Waals surface area contributed by atoms with Crippen LogP contribution in [0.4, 0.5) is 5.69 Å². The Balaban J connectivity index is 1.67. The highest BCUT2D eigenvalue weighted by atomic mass is 35.5. The fourth-order valence-corrected chi connectivity index (χ4v) is 4.31. The molecule has 9 nitrogen and oxygen atoms in total. The molecule has 0 saturated carbocycles. The van der Waals surface area contributed by atoms with Gasteiger partial charge in [-0.25, -0.2) is 4.79 Å². The van der Waals surface area contributed by atoms with Gasteiger partial charge < -0.3 is 19.9 Å². The van der Waals surface area contributed by atoms with E-state index in [2.05, 4.69) is 0 Å². The molecule has 0 radical (unpaired) electrons. The van der Waals surface area contributed by atoms with Crippen molar-refractivity contribution in [2.75, 3.05) is 7.11 Å². The zero-order chi connectivity index (χ0) is 25.3. The van der Waals surface area contributed by atoms with E-state index in [9.17, 15) is 20.2 Å². The number of carbonyl (C=O) groups is 1.